The summed E-state index contributed by atoms with van der Waals surface area (Å²) in [6.45, 7) is 9.19. The van der Waals surface area contributed by atoms with Gasteiger partial charge in [0.05, 0.1) is 6.61 Å². The van der Waals surface area contributed by atoms with Gasteiger partial charge in [-0.25, -0.2) is 0 Å². The van der Waals surface area contributed by atoms with Gasteiger partial charge in [-0.3, -0.25) is 0 Å². The molecule has 0 aliphatic carbocycles. The SMILES string of the molecule is CCCOCC(CCc1ccccc1C)NCC. The smallest absolute Gasteiger partial charge is 0.0619 e. The lowest BCUT2D eigenvalue weighted by molar-refractivity contribution is 0.110. The molecule has 0 bridgehead atoms. The summed E-state index contributed by atoms with van der Waals surface area (Å²) in [6, 6.07) is 9.11. The third kappa shape index (κ3) is 5.65. The lowest BCUT2D eigenvalue weighted by atomic mass is 10.0. The van der Waals surface area contributed by atoms with E-state index in [0.717, 1.165) is 39.0 Å². The molecular weight excluding hydrogens is 222 g/mol. The largest absolute Gasteiger partial charge is 0.380 e. The van der Waals surface area contributed by atoms with Crippen LogP contribution >= 0.6 is 0 Å². The maximum Gasteiger partial charge on any atom is 0.0619 e. The Bertz CT molecular complexity index is 325. The standard InChI is InChI=1S/C16H27NO/c1-4-12-18-13-16(17-5-2)11-10-15-9-7-6-8-14(15)3/h6-9,16-17H,4-5,10-13H2,1-3H3. The summed E-state index contributed by atoms with van der Waals surface area (Å²) in [5.74, 6) is 0. The van der Waals surface area contributed by atoms with Crippen LogP contribution in [0.3, 0.4) is 0 Å². The van der Waals surface area contributed by atoms with Crippen molar-refractivity contribution in [1.29, 1.82) is 0 Å². The van der Waals surface area contributed by atoms with Crippen molar-refractivity contribution in [3.05, 3.63) is 35.4 Å². The second-order valence-electron chi connectivity index (χ2n) is 4.79. The van der Waals surface area contributed by atoms with Crippen LogP contribution in [0, 0.1) is 6.92 Å². The Balaban J connectivity index is 2.39. The van der Waals surface area contributed by atoms with Crippen molar-refractivity contribution in [3.63, 3.8) is 0 Å². The van der Waals surface area contributed by atoms with E-state index < -0.39 is 0 Å². The summed E-state index contributed by atoms with van der Waals surface area (Å²) in [4.78, 5) is 0. The van der Waals surface area contributed by atoms with E-state index in [4.69, 9.17) is 4.74 Å². The van der Waals surface area contributed by atoms with E-state index in [2.05, 4.69) is 50.4 Å². The van der Waals surface area contributed by atoms with Crippen LogP contribution in [0.1, 0.15) is 37.8 Å². The first-order chi connectivity index (χ1) is 8.77. The van der Waals surface area contributed by atoms with Crippen molar-refractivity contribution >= 4 is 0 Å². The number of rotatable bonds is 9. The van der Waals surface area contributed by atoms with Gasteiger partial charge in [0, 0.05) is 12.6 Å². The predicted molar refractivity (Wildman–Crippen MR) is 78.1 cm³/mol. The lowest BCUT2D eigenvalue weighted by Crippen LogP contribution is -2.34. The van der Waals surface area contributed by atoms with Gasteiger partial charge in [-0.2, -0.15) is 0 Å². The van der Waals surface area contributed by atoms with Crippen LogP contribution in [-0.2, 0) is 11.2 Å². The fourth-order valence-electron chi connectivity index (χ4n) is 2.12. The zero-order chi connectivity index (χ0) is 13.2. The Labute approximate surface area is 112 Å². The summed E-state index contributed by atoms with van der Waals surface area (Å²) in [5, 5.41) is 3.51. The summed E-state index contributed by atoms with van der Waals surface area (Å²) >= 11 is 0. The van der Waals surface area contributed by atoms with E-state index in [9.17, 15) is 0 Å². The van der Waals surface area contributed by atoms with Crippen LogP contribution in [0.25, 0.3) is 0 Å². The number of ether oxygens (including phenoxy) is 1. The molecule has 0 aliphatic heterocycles. The van der Waals surface area contributed by atoms with Gasteiger partial charge in [-0.1, -0.05) is 38.1 Å². The van der Waals surface area contributed by atoms with Gasteiger partial charge < -0.3 is 10.1 Å². The Morgan fingerprint density at radius 3 is 2.67 bits per heavy atom. The number of hydrogen-bond donors (Lipinski definition) is 1. The molecule has 0 saturated carbocycles. The van der Waals surface area contributed by atoms with Crippen LogP contribution < -0.4 is 5.32 Å². The van der Waals surface area contributed by atoms with Gasteiger partial charge in [-0.05, 0) is 43.9 Å². The van der Waals surface area contributed by atoms with Crippen molar-refractivity contribution in [2.45, 2.75) is 46.1 Å². The number of hydrogen-bond acceptors (Lipinski definition) is 2. The molecule has 0 aliphatic rings. The molecule has 1 aromatic rings. The first kappa shape index (κ1) is 15.2. The van der Waals surface area contributed by atoms with Gasteiger partial charge in [-0.15, -0.1) is 0 Å². The fourth-order valence-corrected chi connectivity index (χ4v) is 2.12. The molecule has 0 spiro atoms. The molecule has 0 amide bonds. The first-order valence-electron chi connectivity index (χ1n) is 7.13. The third-order valence-corrected chi connectivity index (χ3v) is 3.18. The molecule has 0 saturated heterocycles. The second-order valence-corrected chi connectivity index (χ2v) is 4.79. The van der Waals surface area contributed by atoms with Crippen LogP contribution in [0.15, 0.2) is 24.3 Å². The molecule has 1 atom stereocenters. The second kappa shape index (κ2) is 9.12. The Morgan fingerprint density at radius 1 is 1.22 bits per heavy atom. The molecule has 2 heteroatoms. The maximum atomic E-state index is 5.65. The molecular formula is C16H27NO. The summed E-state index contributed by atoms with van der Waals surface area (Å²) in [6.07, 6.45) is 3.36. The quantitative estimate of drug-likeness (QED) is 0.678. The summed E-state index contributed by atoms with van der Waals surface area (Å²) in [5.41, 5.74) is 2.85. The van der Waals surface area contributed by atoms with E-state index in [1.165, 1.54) is 11.1 Å². The summed E-state index contributed by atoms with van der Waals surface area (Å²) < 4.78 is 5.65. The van der Waals surface area contributed by atoms with Crippen molar-refractivity contribution in [2.24, 2.45) is 0 Å². The fraction of sp³-hybridized carbons (Fsp3) is 0.625. The number of likely N-dealkylation sites (N-methyl/N-ethyl adjacent to an activating group) is 1. The molecule has 0 fully saturated rings. The van der Waals surface area contributed by atoms with E-state index in [-0.39, 0.29) is 0 Å². The van der Waals surface area contributed by atoms with Crippen LogP contribution in [0.5, 0.6) is 0 Å². The Hall–Kier alpha value is -0.860. The minimum atomic E-state index is 0.473. The predicted octanol–water partition coefficient (Wildman–Crippen LogP) is 3.33. The Kier molecular flexibility index (Phi) is 7.70. The number of aryl methyl sites for hydroxylation is 2. The number of nitrogens with one attached hydrogen (secondary N) is 1. The molecule has 102 valence electrons. The molecule has 18 heavy (non-hydrogen) atoms. The van der Waals surface area contributed by atoms with E-state index in [1.807, 2.05) is 0 Å². The maximum absolute atomic E-state index is 5.65. The molecule has 0 radical (unpaired) electrons. The highest BCUT2D eigenvalue weighted by Gasteiger charge is 2.08. The molecule has 2 nitrogen and oxygen atoms in total. The minimum absolute atomic E-state index is 0.473. The van der Waals surface area contributed by atoms with E-state index in [1.54, 1.807) is 0 Å². The minimum Gasteiger partial charge on any atom is -0.380 e. The molecule has 0 aromatic heterocycles. The highest BCUT2D eigenvalue weighted by Crippen LogP contribution is 2.11. The van der Waals surface area contributed by atoms with Gasteiger partial charge in [0.1, 0.15) is 0 Å². The zero-order valence-corrected chi connectivity index (χ0v) is 12.0. The van der Waals surface area contributed by atoms with Gasteiger partial charge in [0.15, 0.2) is 0 Å². The van der Waals surface area contributed by atoms with Gasteiger partial charge in [0.2, 0.25) is 0 Å². The third-order valence-electron chi connectivity index (χ3n) is 3.18. The van der Waals surface area contributed by atoms with Crippen LogP contribution in [0.4, 0.5) is 0 Å². The van der Waals surface area contributed by atoms with Crippen molar-refractivity contribution < 1.29 is 4.74 Å². The monoisotopic (exact) mass is 249 g/mol. The normalized spacial score (nSPS) is 12.6. The highest BCUT2D eigenvalue weighted by atomic mass is 16.5. The highest BCUT2D eigenvalue weighted by molar-refractivity contribution is 5.25. The lowest BCUT2D eigenvalue weighted by Gasteiger charge is -2.18. The van der Waals surface area contributed by atoms with Crippen molar-refractivity contribution in [2.75, 3.05) is 19.8 Å². The molecule has 1 aromatic carbocycles. The first-order valence-corrected chi connectivity index (χ1v) is 7.13. The van der Waals surface area contributed by atoms with E-state index >= 15 is 0 Å². The molecule has 1 rings (SSSR count). The van der Waals surface area contributed by atoms with E-state index in [0.29, 0.717) is 6.04 Å². The average molecular weight is 249 g/mol. The van der Waals surface area contributed by atoms with Crippen molar-refractivity contribution in [1.82, 2.24) is 5.32 Å². The zero-order valence-electron chi connectivity index (χ0n) is 12.0. The topological polar surface area (TPSA) is 21.3 Å². The molecule has 1 N–H and O–H groups in total. The van der Waals surface area contributed by atoms with Crippen LogP contribution in [0.2, 0.25) is 0 Å². The number of benzene rings is 1. The summed E-state index contributed by atoms with van der Waals surface area (Å²) in [7, 11) is 0. The molecule has 1 unspecified atom stereocenters. The molecule has 0 heterocycles. The van der Waals surface area contributed by atoms with Gasteiger partial charge >= 0.3 is 0 Å². The average Bonchev–Trinajstić information content (AvgIpc) is 2.38. The Morgan fingerprint density at radius 2 is 2.00 bits per heavy atom. The van der Waals surface area contributed by atoms with Crippen molar-refractivity contribution in [3.8, 4) is 0 Å². The van der Waals surface area contributed by atoms with Gasteiger partial charge in [0.25, 0.3) is 0 Å². The van der Waals surface area contributed by atoms with Crippen LogP contribution in [-0.4, -0.2) is 25.8 Å².